The first kappa shape index (κ1) is 26.2. The monoisotopic (exact) mass is 518 g/mol. The summed E-state index contributed by atoms with van der Waals surface area (Å²) < 4.78 is 23.4. The predicted molar refractivity (Wildman–Crippen MR) is 139 cm³/mol. The Morgan fingerprint density at radius 1 is 0.730 bits per heavy atom. The van der Waals surface area contributed by atoms with Crippen molar-refractivity contribution in [3.8, 4) is 0 Å². The lowest BCUT2D eigenvalue weighted by atomic mass is 10.0. The molecule has 37 heavy (non-hydrogen) atoms. The van der Waals surface area contributed by atoms with Gasteiger partial charge < -0.3 is 18.9 Å². The van der Waals surface area contributed by atoms with Gasteiger partial charge in [0.25, 0.3) is 0 Å². The van der Waals surface area contributed by atoms with Crippen molar-refractivity contribution < 1.29 is 33.3 Å². The summed E-state index contributed by atoms with van der Waals surface area (Å²) in [5.41, 5.74) is 0.277. The van der Waals surface area contributed by atoms with Crippen molar-refractivity contribution in [2.24, 2.45) is 0 Å². The molecule has 0 saturated carbocycles. The lowest BCUT2D eigenvalue weighted by Gasteiger charge is -2.40. The molecule has 0 bridgehead atoms. The Bertz CT molecular complexity index is 1200. The number of carbonyl (C=O) groups is 3. The normalized spacial score (nSPS) is 20.9. The lowest BCUT2D eigenvalue weighted by molar-refractivity contribution is -0.167. The fourth-order valence-corrected chi connectivity index (χ4v) is 4.63. The van der Waals surface area contributed by atoms with Gasteiger partial charge in [-0.1, -0.05) is 60.7 Å². The van der Waals surface area contributed by atoms with E-state index >= 15 is 0 Å². The van der Waals surface area contributed by atoms with Crippen molar-refractivity contribution in [3.05, 3.63) is 120 Å². The van der Waals surface area contributed by atoms with E-state index in [1.165, 1.54) is 11.8 Å². The first-order valence-corrected chi connectivity index (χ1v) is 12.7. The van der Waals surface area contributed by atoms with Crippen molar-refractivity contribution >= 4 is 29.7 Å². The van der Waals surface area contributed by atoms with Gasteiger partial charge in [0.15, 0.2) is 18.3 Å². The van der Waals surface area contributed by atoms with Crippen LogP contribution in [0.1, 0.15) is 31.1 Å². The van der Waals surface area contributed by atoms with Gasteiger partial charge in [0.2, 0.25) is 0 Å². The molecule has 0 aliphatic carbocycles. The van der Waals surface area contributed by atoms with Gasteiger partial charge in [0.05, 0.1) is 23.3 Å². The van der Waals surface area contributed by atoms with Crippen LogP contribution in [-0.4, -0.2) is 54.0 Å². The molecule has 4 rings (SSSR count). The van der Waals surface area contributed by atoms with Gasteiger partial charge in [-0.05, 0) is 36.4 Å². The zero-order valence-corrected chi connectivity index (χ0v) is 20.8. The van der Waals surface area contributed by atoms with Gasteiger partial charge in [-0.2, -0.15) is 0 Å². The Hall–Kier alpha value is -3.88. The van der Waals surface area contributed by atoms with Crippen LogP contribution >= 0.6 is 11.8 Å². The summed E-state index contributed by atoms with van der Waals surface area (Å²) in [5.74, 6) is -1.37. The topological polar surface area (TPSA) is 88.1 Å². The number of hydrogen-bond acceptors (Lipinski definition) is 8. The summed E-state index contributed by atoms with van der Waals surface area (Å²) in [6.45, 7) is 3.68. The van der Waals surface area contributed by atoms with Crippen LogP contribution in [0.2, 0.25) is 0 Å². The Kier molecular flexibility index (Phi) is 9.13. The minimum atomic E-state index is -1.12. The Morgan fingerprint density at radius 2 is 1.16 bits per heavy atom. The molecule has 0 N–H and O–H groups in total. The molecular formula is C29H26O7S. The Labute approximate surface area is 219 Å². The Morgan fingerprint density at radius 3 is 1.62 bits per heavy atom. The van der Waals surface area contributed by atoms with Gasteiger partial charge in [-0.15, -0.1) is 18.3 Å². The molecule has 3 aromatic rings. The third-order valence-corrected chi connectivity index (χ3v) is 6.70. The average molecular weight is 519 g/mol. The second-order valence-electron chi connectivity index (χ2n) is 8.11. The first-order valence-electron chi connectivity index (χ1n) is 11.7. The van der Waals surface area contributed by atoms with E-state index in [0.29, 0.717) is 22.4 Å². The SMILES string of the molecule is C=CCS[C@@H]1OC[C@@H](OC(=O)c2ccccc2)[C@H](OC(=O)c2ccccc2)[C@H]1OC(=O)c1ccccc1. The standard InChI is InChI=1S/C29H26O7S/c1-2-18-37-29-25(36-28(32)22-16-10-5-11-17-22)24(35-27(31)21-14-8-4-9-15-21)23(19-33-29)34-26(30)20-12-6-3-7-13-20/h2-17,23-25,29H,1,18-19H2/t23-,24+,25-,29+/m1/s1. The third-order valence-electron chi connectivity index (χ3n) is 5.53. The van der Waals surface area contributed by atoms with Crippen LogP contribution < -0.4 is 0 Å². The van der Waals surface area contributed by atoms with Crippen molar-refractivity contribution in [1.82, 2.24) is 0 Å². The van der Waals surface area contributed by atoms with E-state index in [1.807, 2.05) is 0 Å². The number of carbonyl (C=O) groups excluding carboxylic acids is 3. The van der Waals surface area contributed by atoms with Gasteiger partial charge in [-0.25, -0.2) is 14.4 Å². The van der Waals surface area contributed by atoms with Crippen molar-refractivity contribution in [1.29, 1.82) is 0 Å². The van der Waals surface area contributed by atoms with Gasteiger partial charge >= 0.3 is 17.9 Å². The molecule has 8 heteroatoms. The molecule has 0 radical (unpaired) electrons. The molecule has 190 valence electrons. The van der Waals surface area contributed by atoms with Crippen LogP contribution in [-0.2, 0) is 18.9 Å². The summed E-state index contributed by atoms with van der Waals surface area (Å²) in [5, 5.41) is 0. The van der Waals surface area contributed by atoms with Crippen molar-refractivity contribution in [3.63, 3.8) is 0 Å². The largest absolute Gasteiger partial charge is 0.452 e. The minimum absolute atomic E-state index is 0.0560. The fraction of sp³-hybridized carbons (Fsp3) is 0.207. The van der Waals surface area contributed by atoms with E-state index in [-0.39, 0.29) is 6.61 Å². The van der Waals surface area contributed by atoms with Crippen LogP contribution in [0.5, 0.6) is 0 Å². The van der Waals surface area contributed by atoms with Crippen LogP contribution in [0.15, 0.2) is 104 Å². The molecule has 3 aromatic carbocycles. The first-order chi connectivity index (χ1) is 18.1. The second-order valence-corrected chi connectivity index (χ2v) is 9.24. The van der Waals surface area contributed by atoms with Crippen LogP contribution in [0.3, 0.4) is 0 Å². The maximum Gasteiger partial charge on any atom is 0.338 e. The molecular weight excluding hydrogens is 492 g/mol. The highest BCUT2D eigenvalue weighted by atomic mass is 32.2. The van der Waals surface area contributed by atoms with Gasteiger partial charge in [0, 0.05) is 5.75 Å². The van der Waals surface area contributed by atoms with E-state index in [4.69, 9.17) is 18.9 Å². The molecule has 1 aliphatic rings. The minimum Gasteiger partial charge on any atom is -0.452 e. The molecule has 0 unspecified atom stereocenters. The van der Waals surface area contributed by atoms with E-state index in [0.717, 1.165) is 0 Å². The fourth-order valence-electron chi connectivity index (χ4n) is 3.73. The number of thioether (sulfide) groups is 1. The van der Waals surface area contributed by atoms with E-state index in [2.05, 4.69) is 6.58 Å². The van der Waals surface area contributed by atoms with E-state index in [1.54, 1.807) is 97.1 Å². The highest BCUT2D eigenvalue weighted by Crippen LogP contribution is 2.32. The summed E-state index contributed by atoms with van der Waals surface area (Å²) in [4.78, 5) is 39.0. The molecule has 1 heterocycles. The second kappa shape index (κ2) is 12.9. The molecule has 1 saturated heterocycles. The average Bonchev–Trinajstić information content (AvgIpc) is 2.95. The highest BCUT2D eigenvalue weighted by Gasteiger charge is 2.48. The maximum atomic E-state index is 13.1. The van der Waals surface area contributed by atoms with Crippen LogP contribution in [0.4, 0.5) is 0 Å². The molecule has 7 nitrogen and oxygen atoms in total. The molecule has 0 amide bonds. The number of benzene rings is 3. The van der Waals surface area contributed by atoms with Crippen molar-refractivity contribution in [2.75, 3.05) is 12.4 Å². The van der Waals surface area contributed by atoms with Crippen LogP contribution in [0, 0.1) is 0 Å². The summed E-state index contributed by atoms with van der Waals surface area (Å²) in [6, 6.07) is 25.3. The molecule has 0 aromatic heterocycles. The smallest absolute Gasteiger partial charge is 0.338 e. The number of rotatable bonds is 9. The number of esters is 3. The number of ether oxygens (including phenoxy) is 4. The van der Waals surface area contributed by atoms with Crippen molar-refractivity contribution in [2.45, 2.75) is 23.7 Å². The van der Waals surface area contributed by atoms with E-state index < -0.39 is 41.7 Å². The highest BCUT2D eigenvalue weighted by molar-refractivity contribution is 7.99. The van der Waals surface area contributed by atoms with Crippen LogP contribution in [0.25, 0.3) is 0 Å². The summed E-state index contributed by atoms with van der Waals surface area (Å²) in [6.07, 6.45) is -1.51. The molecule has 0 spiro atoms. The van der Waals surface area contributed by atoms with Gasteiger partial charge in [0.1, 0.15) is 5.44 Å². The molecule has 1 aliphatic heterocycles. The molecule has 1 fully saturated rings. The summed E-state index contributed by atoms with van der Waals surface area (Å²) >= 11 is 1.34. The maximum absolute atomic E-state index is 13.1. The summed E-state index contributed by atoms with van der Waals surface area (Å²) in [7, 11) is 0. The third kappa shape index (κ3) is 6.87. The zero-order valence-electron chi connectivity index (χ0n) is 19.9. The lowest BCUT2D eigenvalue weighted by Crippen LogP contribution is -2.56. The number of hydrogen-bond donors (Lipinski definition) is 0. The van der Waals surface area contributed by atoms with Gasteiger partial charge in [-0.3, -0.25) is 0 Å². The Balaban J connectivity index is 1.64. The predicted octanol–water partition coefficient (Wildman–Crippen LogP) is 4.94. The molecule has 4 atom stereocenters. The van der Waals surface area contributed by atoms with E-state index in [9.17, 15) is 14.4 Å². The quantitative estimate of drug-likeness (QED) is 0.224. The zero-order chi connectivity index (χ0) is 26.0.